The summed E-state index contributed by atoms with van der Waals surface area (Å²) in [7, 11) is 0. The maximum absolute atomic E-state index is 12.5. The molecule has 1 amide bonds. The van der Waals surface area contributed by atoms with Crippen LogP contribution in [0.3, 0.4) is 0 Å². The van der Waals surface area contributed by atoms with Gasteiger partial charge in [0.05, 0.1) is 29.7 Å². The molecule has 1 N–H and O–H groups in total. The molecule has 1 aliphatic rings. The fraction of sp³-hybridized carbons (Fsp3) is 0.154. The van der Waals surface area contributed by atoms with E-state index in [0.717, 1.165) is 65.4 Å². The van der Waals surface area contributed by atoms with Crippen LogP contribution in [0.1, 0.15) is 22.7 Å². The van der Waals surface area contributed by atoms with Gasteiger partial charge in [-0.1, -0.05) is 109 Å². The summed E-state index contributed by atoms with van der Waals surface area (Å²) in [4.78, 5) is 27.2. The van der Waals surface area contributed by atoms with Crippen LogP contribution in [0.5, 0.6) is 0 Å². The largest absolute Gasteiger partial charge is 0.353 e. The highest BCUT2D eigenvalue weighted by Gasteiger charge is 2.27. The highest BCUT2D eigenvalue weighted by atomic mass is 16.1. The smallest absolute Gasteiger partial charge is 0.228 e. The highest BCUT2D eigenvalue weighted by Crippen LogP contribution is 2.31. The molecule has 222 valence electrons. The van der Waals surface area contributed by atoms with Crippen molar-refractivity contribution in [3.05, 3.63) is 156 Å². The second kappa shape index (κ2) is 13.1. The minimum absolute atomic E-state index is 0.0288. The zero-order chi connectivity index (χ0) is 30.4. The summed E-state index contributed by atoms with van der Waals surface area (Å²) in [5.74, 6) is 0.880. The van der Waals surface area contributed by atoms with E-state index in [1.807, 2.05) is 66.9 Å². The van der Waals surface area contributed by atoms with Gasteiger partial charge in [-0.3, -0.25) is 14.7 Å². The minimum Gasteiger partial charge on any atom is -0.353 e. The average Bonchev–Trinajstić information content (AvgIpc) is 3.10. The number of anilines is 2. The number of nitrogens with zero attached hydrogens (tertiary/aromatic N) is 4. The van der Waals surface area contributed by atoms with Crippen LogP contribution in [0.2, 0.25) is 0 Å². The van der Waals surface area contributed by atoms with Gasteiger partial charge < -0.3 is 10.2 Å². The molecule has 0 atom stereocenters. The Morgan fingerprint density at radius 2 is 1.27 bits per heavy atom. The van der Waals surface area contributed by atoms with Crippen molar-refractivity contribution in [2.24, 2.45) is 0 Å². The summed E-state index contributed by atoms with van der Waals surface area (Å²) in [6.45, 7) is 3.63. The number of carbonyl (C=O) groups is 1. The van der Waals surface area contributed by atoms with Crippen LogP contribution in [0.4, 0.5) is 11.5 Å². The lowest BCUT2D eigenvalue weighted by atomic mass is 9.96. The zero-order valence-electron chi connectivity index (χ0n) is 25.1. The Morgan fingerprint density at radius 1 is 0.667 bits per heavy atom. The molecule has 0 radical (unpaired) electrons. The van der Waals surface area contributed by atoms with E-state index in [0.29, 0.717) is 6.42 Å². The van der Waals surface area contributed by atoms with Gasteiger partial charge in [0.15, 0.2) is 0 Å². The third-order valence-corrected chi connectivity index (χ3v) is 8.47. The van der Waals surface area contributed by atoms with Gasteiger partial charge in [0.2, 0.25) is 5.91 Å². The first-order valence-electron chi connectivity index (χ1n) is 15.5. The second-order valence-electron chi connectivity index (χ2n) is 11.5. The van der Waals surface area contributed by atoms with Crippen molar-refractivity contribution in [2.75, 3.05) is 36.4 Å². The van der Waals surface area contributed by atoms with E-state index >= 15 is 0 Å². The molecule has 6 nitrogen and oxygen atoms in total. The van der Waals surface area contributed by atoms with Crippen molar-refractivity contribution in [1.82, 2.24) is 14.9 Å². The van der Waals surface area contributed by atoms with Crippen LogP contribution in [-0.2, 0) is 11.2 Å². The second-order valence-corrected chi connectivity index (χ2v) is 11.5. The van der Waals surface area contributed by atoms with E-state index in [1.54, 1.807) is 0 Å². The molecule has 0 saturated carbocycles. The number of hydrogen-bond acceptors (Lipinski definition) is 5. The van der Waals surface area contributed by atoms with Crippen molar-refractivity contribution in [2.45, 2.75) is 12.5 Å². The lowest BCUT2D eigenvalue weighted by Gasteiger charge is -2.40. The van der Waals surface area contributed by atoms with Crippen LogP contribution in [0.15, 0.2) is 140 Å². The Balaban J connectivity index is 1.04. The first-order valence-corrected chi connectivity index (χ1v) is 15.5. The number of fused-ring (bicyclic) bond motifs is 1. The first kappa shape index (κ1) is 28.4. The lowest BCUT2D eigenvalue weighted by molar-refractivity contribution is -0.115. The molecule has 2 heterocycles. The van der Waals surface area contributed by atoms with Crippen LogP contribution in [0, 0.1) is 0 Å². The fourth-order valence-electron chi connectivity index (χ4n) is 6.16. The molecule has 1 aromatic heterocycles. The number of rotatable bonds is 8. The Hall–Kier alpha value is -5.33. The predicted octanol–water partition coefficient (Wildman–Crippen LogP) is 7.39. The van der Waals surface area contributed by atoms with Gasteiger partial charge in [0.1, 0.15) is 5.82 Å². The molecule has 1 saturated heterocycles. The molecular formula is C39H35N5O. The lowest BCUT2D eigenvalue weighted by Crippen LogP contribution is -2.48. The molecule has 6 aromatic rings. The number of amides is 1. The van der Waals surface area contributed by atoms with Crippen molar-refractivity contribution in [3.8, 4) is 11.1 Å². The molecule has 6 heteroatoms. The third kappa shape index (κ3) is 6.61. The number of benzene rings is 5. The van der Waals surface area contributed by atoms with Gasteiger partial charge in [0, 0.05) is 31.9 Å². The van der Waals surface area contributed by atoms with Crippen molar-refractivity contribution < 1.29 is 4.79 Å². The van der Waals surface area contributed by atoms with E-state index in [-0.39, 0.29) is 11.9 Å². The minimum atomic E-state index is -0.0288. The highest BCUT2D eigenvalue weighted by molar-refractivity contribution is 5.92. The first-order chi connectivity index (χ1) is 22.2. The topological polar surface area (TPSA) is 61.4 Å². The summed E-state index contributed by atoms with van der Waals surface area (Å²) in [5, 5.41) is 3.00. The van der Waals surface area contributed by atoms with E-state index in [2.05, 4.69) is 87.9 Å². The summed E-state index contributed by atoms with van der Waals surface area (Å²) < 4.78 is 0. The summed E-state index contributed by atoms with van der Waals surface area (Å²) >= 11 is 0. The summed E-state index contributed by atoms with van der Waals surface area (Å²) in [6, 6.07) is 45.7. The van der Waals surface area contributed by atoms with Gasteiger partial charge >= 0.3 is 0 Å². The Labute approximate surface area is 264 Å². The van der Waals surface area contributed by atoms with Gasteiger partial charge in [-0.05, 0) is 52.1 Å². The molecular weight excluding hydrogens is 554 g/mol. The molecule has 0 bridgehead atoms. The maximum Gasteiger partial charge on any atom is 0.228 e. The molecule has 1 aliphatic heterocycles. The molecule has 0 spiro atoms. The van der Waals surface area contributed by atoms with E-state index in [4.69, 9.17) is 9.97 Å². The monoisotopic (exact) mass is 589 g/mol. The van der Waals surface area contributed by atoms with Crippen molar-refractivity contribution >= 4 is 28.4 Å². The van der Waals surface area contributed by atoms with Crippen molar-refractivity contribution in [1.29, 1.82) is 0 Å². The number of piperazine rings is 1. The van der Waals surface area contributed by atoms with Gasteiger partial charge in [-0.25, -0.2) is 4.98 Å². The van der Waals surface area contributed by atoms with E-state index in [9.17, 15) is 4.79 Å². The predicted molar refractivity (Wildman–Crippen MR) is 182 cm³/mol. The van der Waals surface area contributed by atoms with E-state index in [1.165, 1.54) is 11.1 Å². The Bertz CT molecular complexity index is 1830. The van der Waals surface area contributed by atoms with Gasteiger partial charge in [-0.2, -0.15) is 0 Å². The number of nitrogens with one attached hydrogen (secondary N) is 1. The van der Waals surface area contributed by atoms with Crippen LogP contribution >= 0.6 is 0 Å². The zero-order valence-corrected chi connectivity index (χ0v) is 25.1. The maximum atomic E-state index is 12.5. The number of aromatic nitrogens is 2. The summed E-state index contributed by atoms with van der Waals surface area (Å²) in [6.07, 6.45) is 2.25. The van der Waals surface area contributed by atoms with Crippen molar-refractivity contribution in [3.63, 3.8) is 0 Å². The van der Waals surface area contributed by atoms with Crippen LogP contribution in [0.25, 0.3) is 22.2 Å². The third-order valence-electron chi connectivity index (χ3n) is 8.47. The molecule has 45 heavy (non-hydrogen) atoms. The SMILES string of the molecule is O=C(Cc1ccccc1)Nc1ccc(-c2ccc3ncc(N4CCN(C(c5ccccc5)c5ccccc5)CC4)nc3c2)cc1. The Morgan fingerprint density at radius 3 is 1.91 bits per heavy atom. The number of carbonyl (C=O) groups excluding carboxylic acids is 1. The normalized spacial score (nSPS) is 13.7. The molecule has 5 aromatic carbocycles. The standard InChI is InChI=1S/C39H35N5O/c45-38(26-29-10-4-1-5-11-29)41-34-19-16-30(17-20-34)33-18-21-35-36(27-33)42-37(28-40-35)43-22-24-44(25-23-43)39(31-12-6-2-7-13-31)32-14-8-3-9-15-32/h1-21,27-28,39H,22-26H2,(H,41,45). The van der Waals surface area contributed by atoms with Crippen LogP contribution in [-0.4, -0.2) is 47.0 Å². The quantitative estimate of drug-likeness (QED) is 0.201. The fourth-order valence-corrected chi connectivity index (χ4v) is 6.16. The van der Waals surface area contributed by atoms with Crippen LogP contribution < -0.4 is 10.2 Å². The summed E-state index contributed by atoms with van der Waals surface area (Å²) in [5.41, 5.74) is 8.28. The molecule has 7 rings (SSSR count). The average molecular weight is 590 g/mol. The number of hydrogen-bond donors (Lipinski definition) is 1. The van der Waals surface area contributed by atoms with Gasteiger partial charge in [-0.15, -0.1) is 0 Å². The molecule has 1 fully saturated rings. The molecule has 0 aliphatic carbocycles. The van der Waals surface area contributed by atoms with Gasteiger partial charge in [0.25, 0.3) is 0 Å². The Kier molecular flexibility index (Phi) is 8.29. The molecule has 0 unspecified atom stereocenters. The van der Waals surface area contributed by atoms with E-state index < -0.39 is 0 Å².